The van der Waals surface area contributed by atoms with Crippen LogP contribution in [0.5, 0.6) is 11.5 Å². The van der Waals surface area contributed by atoms with E-state index in [4.69, 9.17) is 32.5 Å². The fraction of sp³-hybridized carbons (Fsp3) is 0.158. The van der Waals surface area contributed by atoms with Crippen molar-refractivity contribution in [2.75, 3.05) is 5.32 Å². The van der Waals surface area contributed by atoms with Crippen LogP contribution in [0.1, 0.15) is 21.8 Å². The SMILES string of the molecule is Cc1onc(C(=O)Nc2ccc(OC(F)F)c(Cl)c2)c1COc1ccccc1Cl. The van der Waals surface area contributed by atoms with E-state index in [1.165, 1.54) is 18.2 Å². The van der Waals surface area contributed by atoms with Gasteiger partial charge in [-0.2, -0.15) is 8.78 Å². The summed E-state index contributed by atoms with van der Waals surface area (Å²) in [6, 6.07) is 10.8. The Balaban J connectivity index is 1.73. The Labute approximate surface area is 174 Å². The van der Waals surface area contributed by atoms with Crippen LogP contribution in [0.2, 0.25) is 10.0 Å². The van der Waals surface area contributed by atoms with E-state index in [0.717, 1.165) is 0 Å². The number of rotatable bonds is 7. The molecule has 3 aromatic rings. The van der Waals surface area contributed by atoms with Gasteiger partial charge in [0.05, 0.1) is 15.6 Å². The van der Waals surface area contributed by atoms with Crippen LogP contribution in [0.4, 0.5) is 14.5 Å². The summed E-state index contributed by atoms with van der Waals surface area (Å²) in [6.45, 7) is -1.36. The Morgan fingerprint density at radius 3 is 2.62 bits per heavy atom. The number of nitrogens with zero attached hydrogens (tertiary/aromatic N) is 1. The molecular formula is C19H14Cl2F2N2O4. The Morgan fingerprint density at radius 2 is 1.93 bits per heavy atom. The van der Waals surface area contributed by atoms with Gasteiger partial charge in [-0.1, -0.05) is 40.5 Å². The Morgan fingerprint density at radius 1 is 1.17 bits per heavy atom. The summed E-state index contributed by atoms with van der Waals surface area (Å²) < 4.78 is 39.6. The molecule has 0 aliphatic rings. The molecule has 3 rings (SSSR count). The van der Waals surface area contributed by atoms with Gasteiger partial charge in [0.25, 0.3) is 5.91 Å². The molecule has 1 aromatic heterocycles. The average Bonchev–Trinajstić information content (AvgIpc) is 3.04. The highest BCUT2D eigenvalue weighted by Gasteiger charge is 2.21. The Bertz CT molecular complexity index is 1030. The maximum absolute atomic E-state index is 12.6. The monoisotopic (exact) mass is 442 g/mol. The summed E-state index contributed by atoms with van der Waals surface area (Å²) in [5, 5.41) is 6.68. The van der Waals surface area contributed by atoms with Crippen molar-refractivity contribution in [3.63, 3.8) is 0 Å². The van der Waals surface area contributed by atoms with Crippen molar-refractivity contribution in [3.05, 3.63) is 69.5 Å². The van der Waals surface area contributed by atoms with Crippen LogP contribution in [0.15, 0.2) is 47.0 Å². The molecule has 10 heteroatoms. The first-order chi connectivity index (χ1) is 13.8. The van der Waals surface area contributed by atoms with E-state index in [0.29, 0.717) is 22.1 Å². The molecule has 0 fully saturated rings. The summed E-state index contributed by atoms with van der Waals surface area (Å²) in [4.78, 5) is 12.6. The number of hydrogen-bond donors (Lipinski definition) is 1. The Kier molecular flexibility index (Phi) is 6.56. The molecule has 0 spiro atoms. The number of carbonyl (C=O) groups is 1. The minimum Gasteiger partial charge on any atom is -0.487 e. The first-order valence-electron chi connectivity index (χ1n) is 8.23. The van der Waals surface area contributed by atoms with Gasteiger partial charge in [-0.3, -0.25) is 4.79 Å². The molecule has 0 aliphatic heterocycles. The standard InChI is InChI=1S/C19H14Cl2F2N2O4/c1-10-12(9-27-15-5-3-2-4-13(15)20)17(25-29-10)18(26)24-11-6-7-16(14(21)8-11)28-19(22)23/h2-8,19H,9H2,1H3,(H,24,26). The lowest BCUT2D eigenvalue weighted by atomic mass is 10.2. The van der Waals surface area contributed by atoms with E-state index in [1.807, 2.05) is 0 Å². The maximum atomic E-state index is 12.6. The number of para-hydroxylation sites is 1. The number of amides is 1. The van der Waals surface area contributed by atoms with Gasteiger partial charge < -0.3 is 19.3 Å². The normalized spacial score (nSPS) is 10.8. The molecule has 29 heavy (non-hydrogen) atoms. The van der Waals surface area contributed by atoms with E-state index in [1.54, 1.807) is 31.2 Å². The number of hydrogen-bond acceptors (Lipinski definition) is 5. The minimum atomic E-state index is -3.01. The third-order valence-corrected chi connectivity index (χ3v) is 4.42. The molecule has 1 amide bonds. The second-order valence-corrected chi connectivity index (χ2v) is 6.58. The Hall–Kier alpha value is -2.84. The largest absolute Gasteiger partial charge is 0.487 e. The lowest BCUT2D eigenvalue weighted by Gasteiger charge is -2.10. The number of anilines is 1. The van der Waals surface area contributed by atoms with E-state index in [2.05, 4.69) is 15.2 Å². The van der Waals surface area contributed by atoms with Crippen LogP contribution in [0.3, 0.4) is 0 Å². The molecule has 0 saturated carbocycles. The first-order valence-corrected chi connectivity index (χ1v) is 8.99. The molecule has 0 unspecified atom stereocenters. The predicted molar refractivity (Wildman–Crippen MR) is 103 cm³/mol. The fourth-order valence-corrected chi connectivity index (χ4v) is 2.83. The zero-order valence-electron chi connectivity index (χ0n) is 14.9. The van der Waals surface area contributed by atoms with Crippen LogP contribution in [-0.4, -0.2) is 17.7 Å². The fourth-order valence-electron chi connectivity index (χ4n) is 2.41. The van der Waals surface area contributed by atoms with Crippen molar-refractivity contribution >= 4 is 34.8 Å². The maximum Gasteiger partial charge on any atom is 0.387 e. The molecule has 0 atom stereocenters. The van der Waals surface area contributed by atoms with Gasteiger partial charge in [-0.15, -0.1) is 0 Å². The zero-order valence-corrected chi connectivity index (χ0v) is 16.4. The molecule has 0 aliphatic carbocycles. The summed E-state index contributed by atoms with van der Waals surface area (Å²) in [6.07, 6.45) is 0. The van der Waals surface area contributed by atoms with Crippen LogP contribution in [-0.2, 0) is 6.61 Å². The minimum absolute atomic E-state index is 0.00371. The lowest BCUT2D eigenvalue weighted by molar-refractivity contribution is -0.0497. The molecule has 1 N–H and O–H groups in total. The second-order valence-electron chi connectivity index (χ2n) is 5.76. The number of carbonyl (C=O) groups excluding carboxylic acids is 1. The smallest absolute Gasteiger partial charge is 0.387 e. The van der Waals surface area contributed by atoms with Gasteiger partial charge in [0, 0.05) is 5.69 Å². The van der Waals surface area contributed by atoms with E-state index >= 15 is 0 Å². The molecule has 1 heterocycles. The second kappa shape index (κ2) is 9.11. The summed E-state index contributed by atoms with van der Waals surface area (Å²) in [7, 11) is 0. The highest BCUT2D eigenvalue weighted by Crippen LogP contribution is 2.30. The number of ether oxygens (including phenoxy) is 2. The molecular weight excluding hydrogens is 429 g/mol. The first kappa shape index (κ1) is 20.9. The van der Waals surface area contributed by atoms with Crippen molar-refractivity contribution < 1.29 is 27.6 Å². The summed E-state index contributed by atoms with van der Waals surface area (Å²) >= 11 is 12.0. The quantitative estimate of drug-likeness (QED) is 0.506. The van der Waals surface area contributed by atoms with Crippen LogP contribution < -0.4 is 14.8 Å². The summed E-state index contributed by atoms with van der Waals surface area (Å²) in [5.74, 6) is 0.0624. The van der Waals surface area contributed by atoms with Crippen LogP contribution >= 0.6 is 23.2 Å². The molecule has 0 saturated heterocycles. The highest BCUT2D eigenvalue weighted by atomic mass is 35.5. The highest BCUT2D eigenvalue weighted by molar-refractivity contribution is 6.32. The average molecular weight is 443 g/mol. The van der Waals surface area contributed by atoms with Crippen molar-refractivity contribution in [1.29, 1.82) is 0 Å². The zero-order chi connectivity index (χ0) is 21.0. The van der Waals surface area contributed by atoms with Gasteiger partial charge in [0.15, 0.2) is 5.69 Å². The number of aryl methyl sites for hydroxylation is 1. The van der Waals surface area contributed by atoms with E-state index in [9.17, 15) is 13.6 Å². The molecule has 0 radical (unpaired) electrons. The van der Waals surface area contributed by atoms with Gasteiger partial charge in [0.2, 0.25) is 0 Å². The third-order valence-electron chi connectivity index (χ3n) is 3.81. The van der Waals surface area contributed by atoms with Crippen molar-refractivity contribution in [2.24, 2.45) is 0 Å². The number of halogens is 4. The van der Waals surface area contributed by atoms with Crippen molar-refractivity contribution in [2.45, 2.75) is 20.1 Å². The van der Waals surface area contributed by atoms with Crippen LogP contribution in [0, 0.1) is 6.92 Å². The van der Waals surface area contributed by atoms with Crippen LogP contribution in [0.25, 0.3) is 0 Å². The van der Waals surface area contributed by atoms with Crippen molar-refractivity contribution in [1.82, 2.24) is 5.16 Å². The number of benzene rings is 2. The molecule has 2 aromatic carbocycles. The van der Waals surface area contributed by atoms with Gasteiger partial charge in [0.1, 0.15) is 23.9 Å². The van der Waals surface area contributed by atoms with Gasteiger partial charge >= 0.3 is 6.61 Å². The predicted octanol–water partition coefficient (Wildman–Crippen LogP) is 5.72. The topological polar surface area (TPSA) is 73.6 Å². The number of aromatic nitrogens is 1. The van der Waals surface area contributed by atoms with E-state index in [-0.39, 0.29) is 28.8 Å². The molecule has 0 bridgehead atoms. The van der Waals surface area contributed by atoms with Gasteiger partial charge in [-0.25, -0.2) is 0 Å². The third kappa shape index (κ3) is 5.16. The van der Waals surface area contributed by atoms with Crippen molar-refractivity contribution in [3.8, 4) is 11.5 Å². The molecule has 6 nitrogen and oxygen atoms in total. The number of alkyl halides is 2. The molecule has 152 valence electrons. The number of nitrogens with one attached hydrogen (secondary N) is 1. The van der Waals surface area contributed by atoms with E-state index < -0.39 is 12.5 Å². The summed E-state index contributed by atoms with van der Waals surface area (Å²) in [5.41, 5.74) is 0.713. The van der Waals surface area contributed by atoms with Gasteiger partial charge in [-0.05, 0) is 37.3 Å². The lowest BCUT2D eigenvalue weighted by Crippen LogP contribution is -2.15.